The third kappa shape index (κ3) is 7.34. The van der Waals surface area contributed by atoms with Crippen LogP contribution in [0, 0.1) is 32.1 Å². The minimum atomic E-state index is -1.08. The van der Waals surface area contributed by atoms with Crippen molar-refractivity contribution < 1.29 is 19.1 Å². The molecule has 0 heterocycles. The van der Waals surface area contributed by atoms with Crippen LogP contribution in [0.3, 0.4) is 0 Å². The summed E-state index contributed by atoms with van der Waals surface area (Å²) in [5.74, 6) is -1.05. The van der Waals surface area contributed by atoms with Gasteiger partial charge < -0.3 is 20.3 Å². The number of anilines is 1. The molecule has 1 atom stereocenters. The van der Waals surface area contributed by atoms with Crippen LogP contribution in [0.15, 0.2) is 42.5 Å². The Morgan fingerprint density at radius 1 is 1.03 bits per heavy atom. The molecule has 0 saturated heterocycles. The molecule has 3 amide bonds. The van der Waals surface area contributed by atoms with Gasteiger partial charge in [0, 0.05) is 5.69 Å². The molecule has 2 N–H and O–H groups in total. The van der Waals surface area contributed by atoms with Crippen LogP contribution in [-0.4, -0.2) is 41.5 Å². The van der Waals surface area contributed by atoms with Crippen molar-refractivity contribution in [3.8, 4) is 6.07 Å². The van der Waals surface area contributed by atoms with Gasteiger partial charge >= 0.3 is 6.09 Å². The molecule has 180 valence electrons. The van der Waals surface area contributed by atoms with E-state index >= 15 is 0 Å². The van der Waals surface area contributed by atoms with Gasteiger partial charge in [-0.05, 0) is 69.9 Å². The van der Waals surface area contributed by atoms with E-state index in [1.807, 2.05) is 51.1 Å². The maximum absolute atomic E-state index is 13.5. The molecule has 34 heavy (non-hydrogen) atoms. The summed E-state index contributed by atoms with van der Waals surface area (Å²) in [6.45, 7) is 10.1. The first-order chi connectivity index (χ1) is 15.9. The van der Waals surface area contributed by atoms with Crippen LogP contribution < -0.4 is 10.6 Å². The third-order valence-corrected chi connectivity index (χ3v) is 5.15. The Bertz CT molecular complexity index is 1100. The van der Waals surface area contributed by atoms with Gasteiger partial charge in [0.25, 0.3) is 5.91 Å². The van der Waals surface area contributed by atoms with E-state index in [1.165, 1.54) is 0 Å². The van der Waals surface area contributed by atoms with E-state index in [-0.39, 0.29) is 6.54 Å². The maximum Gasteiger partial charge on any atom is 0.408 e. The van der Waals surface area contributed by atoms with Crippen LogP contribution in [0.25, 0.3) is 0 Å². The fraction of sp³-hybridized carbons (Fsp3) is 0.385. The lowest BCUT2D eigenvalue weighted by atomic mass is 9.98. The predicted octanol–water partition coefficient (Wildman–Crippen LogP) is 4.17. The molecule has 2 rings (SSSR count). The predicted molar refractivity (Wildman–Crippen MR) is 130 cm³/mol. The second kappa shape index (κ2) is 11.3. The smallest absolute Gasteiger partial charge is 0.408 e. The number of ether oxygens (including phenoxy) is 1. The highest BCUT2D eigenvalue weighted by atomic mass is 16.6. The van der Waals surface area contributed by atoms with Crippen LogP contribution >= 0.6 is 0 Å². The number of aryl methyl sites for hydroxylation is 3. The summed E-state index contributed by atoms with van der Waals surface area (Å²) >= 11 is 0. The van der Waals surface area contributed by atoms with Gasteiger partial charge in [-0.1, -0.05) is 36.4 Å². The van der Waals surface area contributed by atoms with Crippen LogP contribution in [0.2, 0.25) is 0 Å². The van der Waals surface area contributed by atoms with Gasteiger partial charge in [-0.2, -0.15) is 5.26 Å². The molecule has 0 saturated carbocycles. The molecule has 2 aromatic carbocycles. The number of carbonyl (C=O) groups is 3. The fourth-order valence-corrected chi connectivity index (χ4v) is 3.28. The molecule has 0 aliphatic heterocycles. The number of alkyl carbamates (subject to hydrolysis) is 1. The second-order valence-electron chi connectivity index (χ2n) is 9.09. The van der Waals surface area contributed by atoms with Crippen LogP contribution in [0.4, 0.5) is 10.5 Å². The minimum Gasteiger partial charge on any atom is -0.444 e. The summed E-state index contributed by atoms with van der Waals surface area (Å²) in [4.78, 5) is 39.8. The Hall–Kier alpha value is -3.86. The Balaban J connectivity index is 2.38. The molecule has 0 aliphatic rings. The van der Waals surface area contributed by atoms with E-state index in [0.29, 0.717) is 11.3 Å². The number of hydrogen-bond donors (Lipinski definition) is 2. The molecule has 0 aliphatic carbocycles. The zero-order valence-corrected chi connectivity index (χ0v) is 20.6. The number of hydrogen-bond acceptors (Lipinski definition) is 5. The average Bonchev–Trinajstić information content (AvgIpc) is 2.74. The lowest BCUT2D eigenvalue weighted by molar-refractivity contribution is -0.137. The monoisotopic (exact) mass is 464 g/mol. The first-order valence-corrected chi connectivity index (χ1v) is 11.0. The van der Waals surface area contributed by atoms with Crippen molar-refractivity contribution in [2.24, 2.45) is 0 Å². The van der Waals surface area contributed by atoms with E-state index in [9.17, 15) is 19.6 Å². The number of amides is 3. The number of nitrogens with zero attached hydrogens (tertiary/aromatic N) is 2. The standard InChI is InChI=1S/C26H32N4O4/c1-17-11-12-20(15-19(17)3)23(24(32)29-21-10-8-7-9-18(21)2)30(14-13-27)22(31)16-28-25(33)34-26(4,5)6/h7-12,15,23H,14,16H2,1-6H3,(H,28,33)(H,29,32). The van der Waals surface area contributed by atoms with Crippen LogP contribution in [0.1, 0.15) is 49.1 Å². The van der Waals surface area contributed by atoms with Crippen molar-refractivity contribution in [2.45, 2.75) is 53.2 Å². The van der Waals surface area contributed by atoms with E-state index in [0.717, 1.165) is 21.6 Å². The minimum absolute atomic E-state index is 0.340. The van der Waals surface area contributed by atoms with Gasteiger partial charge in [0.05, 0.1) is 6.07 Å². The largest absolute Gasteiger partial charge is 0.444 e. The van der Waals surface area contributed by atoms with Crippen LogP contribution in [0.5, 0.6) is 0 Å². The van der Waals surface area contributed by atoms with E-state index < -0.39 is 36.1 Å². The van der Waals surface area contributed by atoms with Gasteiger partial charge in [-0.25, -0.2) is 4.79 Å². The zero-order chi connectivity index (χ0) is 25.5. The van der Waals surface area contributed by atoms with Crippen molar-refractivity contribution in [3.05, 3.63) is 64.7 Å². The lowest BCUT2D eigenvalue weighted by Gasteiger charge is -2.30. The summed E-state index contributed by atoms with van der Waals surface area (Å²) in [5, 5.41) is 14.7. The molecule has 0 bridgehead atoms. The highest BCUT2D eigenvalue weighted by molar-refractivity contribution is 5.99. The summed E-state index contributed by atoms with van der Waals surface area (Å²) in [7, 11) is 0. The number of carbonyl (C=O) groups excluding carboxylic acids is 3. The highest BCUT2D eigenvalue weighted by Crippen LogP contribution is 2.26. The van der Waals surface area contributed by atoms with Crippen LogP contribution in [-0.2, 0) is 14.3 Å². The maximum atomic E-state index is 13.5. The van der Waals surface area contributed by atoms with Crippen molar-refractivity contribution in [2.75, 3.05) is 18.4 Å². The van der Waals surface area contributed by atoms with Crippen molar-refractivity contribution in [1.82, 2.24) is 10.2 Å². The molecule has 1 unspecified atom stereocenters. The molecule has 0 fully saturated rings. The van der Waals surface area contributed by atoms with Gasteiger partial charge in [-0.3, -0.25) is 9.59 Å². The number of rotatable bonds is 7. The Morgan fingerprint density at radius 2 is 1.71 bits per heavy atom. The number of nitriles is 1. The van der Waals surface area contributed by atoms with Crippen molar-refractivity contribution in [1.29, 1.82) is 5.26 Å². The molecular weight excluding hydrogens is 432 g/mol. The average molecular weight is 465 g/mol. The van der Waals surface area contributed by atoms with Gasteiger partial charge in [0.1, 0.15) is 24.7 Å². The fourth-order valence-electron chi connectivity index (χ4n) is 3.28. The molecule has 0 aromatic heterocycles. The summed E-state index contributed by atoms with van der Waals surface area (Å²) < 4.78 is 5.18. The first kappa shape index (κ1) is 26.4. The Morgan fingerprint density at radius 3 is 2.29 bits per heavy atom. The third-order valence-electron chi connectivity index (χ3n) is 5.15. The quantitative estimate of drug-likeness (QED) is 0.598. The topological polar surface area (TPSA) is 112 Å². The molecular formula is C26H32N4O4. The highest BCUT2D eigenvalue weighted by Gasteiger charge is 2.32. The zero-order valence-electron chi connectivity index (χ0n) is 20.6. The number of para-hydroxylation sites is 1. The summed E-state index contributed by atoms with van der Waals surface area (Å²) in [6, 6.07) is 13.6. The lowest BCUT2D eigenvalue weighted by Crippen LogP contribution is -2.46. The summed E-state index contributed by atoms with van der Waals surface area (Å²) in [6.07, 6.45) is -0.759. The Labute approximate surface area is 200 Å². The van der Waals surface area contributed by atoms with Gasteiger partial charge in [-0.15, -0.1) is 0 Å². The van der Waals surface area contributed by atoms with E-state index in [1.54, 1.807) is 39.0 Å². The van der Waals surface area contributed by atoms with E-state index in [2.05, 4.69) is 10.6 Å². The molecule has 2 aromatic rings. The van der Waals surface area contributed by atoms with Crippen molar-refractivity contribution in [3.63, 3.8) is 0 Å². The van der Waals surface area contributed by atoms with E-state index in [4.69, 9.17) is 4.74 Å². The van der Waals surface area contributed by atoms with Gasteiger partial charge in [0.2, 0.25) is 5.91 Å². The SMILES string of the molecule is Cc1ccc(C(C(=O)Nc2ccccc2C)N(CC#N)C(=O)CNC(=O)OC(C)(C)C)cc1C. The number of nitrogens with one attached hydrogen (secondary N) is 2. The summed E-state index contributed by atoms with van der Waals surface area (Å²) in [5.41, 5.74) is 3.29. The molecule has 8 heteroatoms. The van der Waals surface area contributed by atoms with Crippen molar-refractivity contribution >= 4 is 23.6 Å². The molecule has 0 spiro atoms. The Kier molecular flexibility index (Phi) is 8.79. The molecule has 0 radical (unpaired) electrons. The molecule has 8 nitrogen and oxygen atoms in total. The van der Waals surface area contributed by atoms with Gasteiger partial charge in [0.15, 0.2) is 0 Å². The first-order valence-electron chi connectivity index (χ1n) is 11.0. The number of benzene rings is 2. The normalized spacial score (nSPS) is 11.7. The second-order valence-corrected chi connectivity index (χ2v) is 9.09.